The predicted octanol–water partition coefficient (Wildman–Crippen LogP) is 0.659. The molecule has 1 aliphatic rings. The van der Waals surface area contributed by atoms with E-state index in [-0.39, 0.29) is 23.2 Å². The van der Waals surface area contributed by atoms with Gasteiger partial charge in [-0.15, -0.1) is 0 Å². The van der Waals surface area contributed by atoms with Crippen LogP contribution in [0, 0.1) is 5.82 Å². The number of amides is 2. The van der Waals surface area contributed by atoms with Gasteiger partial charge in [-0.2, -0.15) is 0 Å². The van der Waals surface area contributed by atoms with Crippen LogP contribution in [0.5, 0.6) is 0 Å². The number of aromatic nitrogens is 3. The lowest BCUT2D eigenvalue weighted by Crippen LogP contribution is -2.49. The van der Waals surface area contributed by atoms with Crippen LogP contribution < -0.4 is 16.2 Å². The molecule has 0 spiro atoms. The van der Waals surface area contributed by atoms with Crippen LogP contribution in [0.3, 0.4) is 0 Å². The number of morpholine rings is 1. The number of halogens is 1. The number of pyridine rings is 1. The SMILES string of the molecule is Cn1ccnc(NC[C@H]2CN(C(=O)Nc3ccncc3F)CCO2)c1=O. The lowest BCUT2D eigenvalue weighted by Gasteiger charge is -2.33. The summed E-state index contributed by atoms with van der Waals surface area (Å²) in [5, 5.41) is 5.47. The highest BCUT2D eigenvalue weighted by Gasteiger charge is 2.25. The molecule has 10 heteroatoms. The molecular formula is C16H19FN6O3. The van der Waals surface area contributed by atoms with Crippen molar-refractivity contribution in [1.82, 2.24) is 19.4 Å². The van der Waals surface area contributed by atoms with Gasteiger partial charge in [0.25, 0.3) is 5.56 Å². The Morgan fingerprint density at radius 1 is 1.46 bits per heavy atom. The standard InChI is InChI=1S/C16H19FN6O3/c1-22-5-4-19-14(15(22)24)20-8-11-10-23(6-7-26-11)16(25)21-13-2-3-18-9-12(13)17/h2-5,9,11H,6-8,10H2,1H3,(H,19,20)(H,18,21,25)/t11-/m0/s1. The molecule has 26 heavy (non-hydrogen) atoms. The first-order chi connectivity index (χ1) is 12.5. The number of anilines is 2. The van der Waals surface area contributed by atoms with Crippen LogP contribution >= 0.6 is 0 Å². The van der Waals surface area contributed by atoms with E-state index in [1.807, 2.05) is 0 Å². The molecule has 1 saturated heterocycles. The fourth-order valence-electron chi connectivity index (χ4n) is 2.53. The van der Waals surface area contributed by atoms with Crippen molar-refractivity contribution < 1.29 is 13.9 Å². The summed E-state index contributed by atoms with van der Waals surface area (Å²) >= 11 is 0. The number of nitrogens with zero attached hydrogens (tertiary/aromatic N) is 4. The summed E-state index contributed by atoms with van der Waals surface area (Å²) in [4.78, 5) is 33.4. The Balaban J connectivity index is 1.57. The van der Waals surface area contributed by atoms with Crippen molar-refractivity contribution in [1.29, 1.82) is 0 Å². The van der Waals surface area contributed by atoms with Gasteiger partial charge in [0.15, 0.2) is 11.6 Å². The average Bonchev–Trinajstić information content (AvgIpc) is 2.65. The quantitative estimate of drug-likeness (QED) is 0.829. The number of carbonyl (C=O) groups excluding carboxylic acids is 1. The molecule has 3 rings (SSSR count). The third-order valence-electron chi connectivity index (χ3n) is 3.95. The molecule has 138 valence electrons. The van der Waals surface area contributed by atoms with Crippen molar-refractivity contribution in [2.45, 2.75) is 6.10 Å². The topological polar surface area (TPSA) is 101 Å². The highest BCUT2D eigenvalue weighted by atomic mass is 19.1. The van der Waals surface area contributed by atoms with E-state index in [9.17, 15) is 14.0 Å². The molecule has 0 radical (unpaired) electrons. The third kappa shape index (κ3) is 4.14. The van der Waals surface area contributed by atoms with Crippen LogP contribution in [0.4, 0.5) is 20.7 Å². The van der Waals surface area contributed by atoms with E-state index in [4.69, 9.17) is 4.74 Å². The van der Waals surface area contributed by atoms with Gasteiger partial charge in [-0.1, -0.05) is 0 Å². The Morgan fingerprint density at radius 2 is 2.31 bits per heavy atom. The van der Waals surface area contributed by atoms with Crippen molar-refractivity contribution in [3.63, 3.8) is 0 Å². The number of carbonyl (C=O) groups is 1. The van der Waals surface area contributed by atoms with Crippen LogP contribution in [-0.2, 0) is 11.8 Å². The minimum atomic E-state index is -0.599. The van der Waals surface area contributed by atoms with Gasteiger partial charge in [-0.25, -0.2) is 14.2 Å². The Hall–Kier alpha value is -3.01. The lowest BCUT2D eigenvalue weighted by atomic mass is 10.2. The third-order valence-corrected chi connectivity index (χ3v) is 3.95. The summed E-state index contributed by atoms with van der Waals surface area (Å²) in [6.07, 6.45) is 5.21. The highest BCUT2D eigenvalue weighted by molar-refractivity contribution is 5.89. The Labute approximate surface area is 148 Å². The molecule has 1 atom stereocenters. The summed E-state index contributed by atoms with van der Waals surface area (Å²) in [5.41, 5.74) is -0.172. The van der Waals surface area contributed by atoms with Crippen LogP contribution in [0.15, 0.2) is 35.6 Å². The maximum atomic E-state index is 13.6. The van der Waals surface area contributed by atoms with E-state index in [2.05, 4.69) is 20.6 Å². The van der Waals surface area contributed by atoms with E-state index in [0.29, 0.717) is 26.2 Å². The zero-order valence-corrected chi connectivity index (χ0v) is 14.2. The van der Waals surface area contributed by atoms with Crippen LogP contribution in [0.2, 0.25) is 0 Å². The number of rotatable bonds is 4. The number of hydrogen-bond acceptors (Lipinski definition) is 6. The van der Waals surface area contributed by atoms with E-state index >= 15 is 0 Å². The number of hydrogen-bond donors (Lipinski definition) is 2. The molecule has 2 aromatic heterocycles. The lowest BCUT2D eigenvalue weighted by molar-refractivity contribution is -0.00451. The van der Waals surface area contributed by atoms with E-state index in [1.165, 1.54) is 27.9 Å². The van der Waals surface area contributed by atoms with Gasteiger partial charge >= 0.3 is 6.03 Å². The molecule has 2 aromatic rings. The van der Waals surface area contributed by atoms with E-state index in [1.54, 1.807) is 13.2 Å². The van der Waals surface area contributed by atoms with Gasteiger partial charge in [0.2, 0.25) is 0 Å². The molecule has 1 aliphatic heterocycles. The normalized spacial score (nSPS) is 17.0. The molecule has 0 saturated carbocycles. The van der Waals surface area contributed by atoms with Gasteiger partial charge in [-0.05, 0) is 6.07 Å². The van der Waals surface area contributed by atoms with Crippen molar-refractivity contribution in [2.24, 2.45) is 7.05 Å². The fraction of sp³-hybridized carbons (Fsp3) is 0.375. The Bertz CT molecular complexity index is 843. The maximum Gasteiger partial charge on any atom is 0.322 e. The summed E-state index contributed by atoms with van der Waals surface area (Å²) in [6, 6.07) is 0.973. The van der Waals surface area contributed by atoms with Crippen molar-refractivity contribution in [3.8, 4) is 0 Å². The fourth-order valence-corrected chi connectivity index (χ4v) is 2.53. The van der Waals surface area contributed by atoms with Crippen molar-refractivity contribution >= 4 is 17.5 Å². The molecular weight excluding hydrogens is 343 g/mol. The van der Waals surface area contributed by atoms with Gasteiger partial charge < -0.3 is 24.8 Å². The number of urea groups is 1. The van der Waals surface area contributed by atoms with Crippen LogP contribution in [-0.4, -0.2) is 57.8 Å². The van der Waals surface area contributed by atoms with Crippen LogP contribution in [0.25, 0.3) is 0 Å². The first-order valence-corrected chi connectivity index (χ1v) is 8.07. The molecule has 9 nitrogen and oxygen atoms in total. The van der Waals surface area contributed by atoms with E-state index < -0.39 is 11.8 Å². The van der Waals surface area contributed by atoms with Gasteiger partial charge in [0.1, 0.15) is 0 Å². The molecule has 2 N–H and O–H groups in total. The number of ether oxygens (including phenoxy) is 1. The summed E-state index contributed by atoms with van der Waals surface area (Å²) in [6.45, 7) is 1.36. The monoisotopic (exact) mass is 362 g/mol. The second kappa shape index (κ2) is 7.91. The first-order valence-electron chi connectivity index (χ1n) is 8.07. The summed E-state index contributed by atoms with van der Waals surface area (Å²) in [5.74, 6) is -0.377. The smallest absolute Gasteiger partial charge is 0.322 e. The minimum absolute atomic E-state index is 0.0724. The second-order valence-electron chi connectivity index (χ2n) is 5.80. The first kappa shape index (κ1) is 17.8. The Morgan fingerprint density at radius 3 is 3.12 bits per heavy atom. The highest BCUT2D eigenvalue weighted by Crippen LogP contribution is 2.13. The molecule has 3 heterocycles. The van der Waals surface area contributed by atoms with Gasteiger partial charge in [0.05, 0.1) is 31.1 Å². The summed E-state index contributed by atoms with van der Waals surface area (Å²) < 4.78 is 20.6. The van der Waals surface area contributed by atoms with Gasteiger partial charge in [0, 0.05) is 38.7 Å². The molecule has 0 aliphatic carbocycles. The Kier molecular flexibility index (Phi) is 5.42. The number of aryl methyl sites for hydroxylation is 1. The maximum absolute atomic E-state index is 13.6. The zero-order valence-electron chi connectivity index (χ0n) is 14.2. The zero-order chi connectivity index (χ0) is 18.5. The van der Waals surface area contributed by atoms with Crippen LogP contribution in [0.1, 0.15) is 0 Å². The van der Waals surface area contributed by atoms with Crippen molar-refractivity contribution in [2.75, 3.05) is 36.9 Å². The van der Waals surface area contributed by atoms with Gasteiger partial charge in [-0.3, -0.25) is 9.78 Å². The molecule has 2 amide bonds. The molecule has 1 fully saturated rings. The number of nitrogens with one attached hydrogen (secondary N) is 2. The summed E-state index contributed by atoms with van der Waals surface area (Å²) in [7, 11) is 1.64. The molecule has 0 unspecified atom stereocenters. The average molecular weight is 362 g/mol. The predicted molar refractivity (Wildman–Crippen MR) is 92.5 cm³/mol. The largest absolute Gasteiger partial charge is 0.373 e. The molecule has 0 aromatic carbocycles. The molecule has 0 bridgehead atoms. The second-order valence-corrected chi connectivity index (χ2v) is 5.80. The minimum Gasteiger partial charge on any atom is -0.373 e. The van der Waals surface area contributed by atoms with E-state index in [0.717, 1.165) is 6.20 Å². The van der Waals surface area contributed by atoms with Crippen molar-refractivity contribution in [3.05, 3.63) is 47.0 Å².